The van der Waals surface area contributed by atoms with Crippen molar-refractivity contribution in [3.8, 4) is 5.75 Å². The molecule has 0 unspecified atom stereocenters. The van der Waals surface area contributed by atoms with Crippen molar-refractivity contribution in [1.82, 2.24) is 9.80 Å². The number of carbonyl (C=O) groups is 3. The summed E-state index contributed by atoms with van der Waals surface area (Å²) < 4.78 is 15.0. The summed E-state index contributed by atoms with van der Waals surface area (Å²) in [4.78, 5) is 39.0. The van der Waals surface area contributed by atoms with Gasteiger partial charge in [-0.3, -0.25) is 4.79 Å². The van der Waals surface area contributed by atoms with Gasteiger partial charge in [0.05, 0.1) is 29.3 Å². The number of amides is 2. The maximum absolute atomic E-state index is 12.2. The lowest BCUT2D eigenvalue weighted by molar-refractivity contribution is -0.136. The van der Waals surface area contributed by atoms with Crippen LogP contribution in [0, 0.1) is 0 Å². The quantitative estimate of drug-likeness (QED) is 0.682. The summed E-state index contributed by atoms with van der Waals surface area (Å²) in [6.07, 6.45) is -0.399. The molecule has 0 bridgehead atoms. The Hall–Kier alpha value is -2.19. The van der Waals surface area contributed by atoms with Crippen LogP contribution in [0.15, 0.2) is 12.1 Å². The number of methoxy groups -OCH3 is 1. The van der Waals surface area contributed by atoms with E-state index in [4.69, 9.17) is 37.4 Å². The van der Waals surface area contributed by atoms with E-state index in [2.05, 4.69) is 0 Å². The molecule has 2 amide bonds. The topological polar surface area (TPSA) is 85.4 Å². The van der Waals surface area contributed by atoms with Gasteiger partial charge in [-0.25, -0.2) is 9.59 Å². The molecule has 0 spiro atoms. The molecular formula is C17H20Cl2N2O6. The average molecular weight is 419 g/mol. The summed E-state index contributed by atoms with van der Waals surface area (Å²) in [5.41, 5.74) is 0.116. The third-order valence-electron chi connectivity index (χ3n) is 3.92. The van der Waals surface area contributed by atoms with Crippen LogP contribution in [0.25, 0.3) is 0 Å². The van der Waals surface area contributed by atoms with E-state index in [1.807, 2.05) is 0 Å². The molecule has 0 aliphatic carbocycles. The van der Waals surface area contributed by atoms with E-state index in [1.54, 1.807) is 6.92 Å². The molecule has 1 aliphatic heterocycles. The van der Waals surface area contributed by atoms with Crippen molar-refractivity contribution >= 4 is 41.2 Å². The van der Waals surface area contributed by atoms with Crippen LogP contribution in [0.3, 0.4) is 0 Å². The fourth-order valence-electron chi connectivity index (χ4n) is 2.53. The molecule has 148 valence electrons. The van der Waals surface area contributed by atoms with Crippen molar-refractivity contribution in [2.45, 2.75) is 6.92 Å². The van der Waals surface area contributed by atoms with Gasteiger partial charge >= 0.3 is 12.1 Å². The predicted octanol–water partition coefficient (Wildman–Crippen LogP) is 2.46. The van der Waals surface area contributed by atoms with Gasteiger partial charge in [0, 0.05) is 26.2 Å². The number of nitrogens with zero attached hydrogens (tertiary/aromatic N) is 2. The number of benzene rings is 1. The highest BCUT2D eigenvalue weighted by molar-refractivity contribution is 6.37. The summed E-state index contributed by atoms with van der Waals surface area (Å²) >= 11 is 12.0. The first-order chi connectivity index (χ1) is 12.9. The second-order valence-corrected chi connectivity index (χ2v) is 6.43. The summed E-state index contributed by atoms with van der Waals surface area (Å²) in [6, 6.07) is 2.72. The van der Waals surface area contributed by atoms with Crippen molar-refractivity contribution < 1.29 is 28.6 Å². The van der Waals surface area contributed by atoms with Crippen LogP contribution in [-0.4, -0.2) is 74.3 Å². The third-order valence-corrected chi connectivity index (χ3v) is 4.48. The van der Waals surface area contributed by atoms with E-state index >= 15 is 0 Å². The second-order valence-electron chi connectivity index (χ2n) is 5.62. The van der Waals surface area contributed by atoms with Gasteiger partial charge < -0.3 is 24.0 Å². The molecule has 1 aliphatic rings. The minimum atomic E-state index is -0.722. The van der Waals surface area contributed by atoms with Crippen LogP contribution < -0.4 is 4.74 Å². The first-order valence-electron chi connectivity index (χ1n) is 8.27. The zero-order valence-corrected chi connectivity index (χ0v) is 16.5. The Morgan fingerprint density at radius 1 is 1.00 bits per heavy atom. The molecule has 2 rings (SSSR count). The number of halogens is 2. The van der Waals surface area contributed by atoms with Crippen molar-refractivity contribution in [2.24, 2.45) is 0 Å². The number of hydrogen-bond donors (Lipinski definition) is 0. The summed E-state index contributed by atoms with van der Waals surface area (Å²) in [7, 11) is 1.41. The lowest BCUT2D eigenvalue weighted by Crippen LogP contribution is -2.51. The number of rotatable bonds is 5. The number of esters is 1. The molecule has 27 heavy (non-hydrogen) atoms. The Kier molecular flexibility index (Phi) is 7.55. The highest BCUT2D eigenvalue weighted by Gasteiger charge is 2.25. The van der Waals surface area contributed by atoms with E-state index in [0.717, 1.165) is 0 Å². The molecule has 0 aromatic heterocycles. The fourth-order valence-corrected chi connectivity index (χ4v) is 3.17. The molecule has 1 saturated heterocycles. The molecular weight excluding hydrogens is 399 g/mol. The largest absolute Gasteiger partial charge is 0.494 e. The highest BCUT2D eigenvalue weighted by atomic mass is 35.5. The van der Waals surface area contributed by atoms with E-state index in [0.29, 0.717) is 32.8 Å². The van der Waals surface area contributed by atoms with E-state index < -0.39 is 18.7 Å². The Labute approximate surface area is 166 Å². The lowest BCUT2D eigenvalue weighted by Gasteiger charge is -2.33. The Morgan fingerprint density at radius 2 is 1.56 bits per heavy atom. The van der Waals surface area contributed by atoms with Crippen molar-refractivity contribution in [1.29, 1.82) is 0 Å². The normalized spacial score (nSPS) is 13.9. The monoisotopic (exact) mass is 418 g/mol. The Morgan fingerprint density at radius 3 is 2.07 bits per heavy atom. The van der Waals surface area contributed by atoms with Crippen molar-refractivity contribution in [2.75, 3.05) is 46.5 Å². The second kappa shape index (κ2) is 9.66. The van der Waals surface area contributed by atoms with Crippen LogP contribution in [0.2, 0.25) is 10.0 Å². The first-order valence-corrected chi connectivity index (χ1v) is 9.02. The standard InChI is InChI=1S/C17H20Cl2N2O6/c1-3-26-17(24)21-6-4-20(5-7-21)14(22)10-27-16(23)11-8-12(18)15(25-2)13(19)9-11/h8-9H,3-7,10H2,1-2H3. The van der Waals surface area contributed by atoms with E-state index in [1.165, 1.54) is 29.0 Å². The van der Waals surface area contributed by atoms with E-state index in [9.17, 15) is 14.4 Å². The van der Waals surface area contributed by atoms with Crippen molar-refractivity contribution in [3.63, 3.8) is 0 Å². The van der Waals surface area contributed by atoms with Gasteiger partial charge in [0.25, 0.3) is 5.91 Å². The lowest BCUT2D eigenvalue weighted by atomic mass is 10.2. The number of piperazine rings is 1. The highest BCUT2D eigenvalue weighted by Crippen LogP contribution is 2.33. The molecule has 0 N–H and O–H groups in total. The van der Waals surface area contributed by atoms with Crippen molar-refractivity contribution in [3.05, 3.63) is 27.7 Å². The number of hydrogen-bond acceptors (Lipinski definition) is 6. The minimum absolute atomic E-state index is 0.116. The Bertz CT molecular complexity index is 696. The number of ether oxygens (including phenoxy) is 3. The van der Waals surface area contributed by atoms with Gasteiger partial charge in [-0.1, -0.05) is 23.2 Å². The first kappa shape index (κ1) is 21.1. The molecule has 1 fully saturated rings. The van der Waals surface area contributed by atoms with Gasteiger partial charge in [-0.05, 0) is 19.1 Å². The van der Waals surface area contributed by atoms with Crippen LogP contribution in [0.4, 0.5) is 4.79 Å². The number of carbonyl (C=O) groups excluding carboxylic acids is 3. The summed E-state index contributed by atoms with van der Waals surface area (Å²) in [5.74, 6) is -0.817. The van der Waals surface area contributed by atoms with Gasteiger partial charge in [0.1, 0.15) is 0 Å². The molecule has 0 saturated carbocycles. The Balaban J connectivity index is 1.85. The fraction of sp³-hybridized carbons (Fsp3) is 0.471. The molecule has 1 aromatic rings. The van der Waals surface area contributed by atoms with E-state index in [-0.39, 0.29) is 27.3 Å². The summed E-state index contributed by atoms with van der Waals surface area (Å²) in [6.45, 7) is 3.03. The molecule has 10 heteroatoms. The zero-order valence-electron chi connectivity index (χ0n) is 15.0. The maximum atomic E-state index is 12.2. The van der Waals surface area contributed by atoms with Crippen LogP contribution in [0.1, 0.15) is 17.3 Å². The SMILES string of the molecule is CCOC(=O)N1CCN(C(=O)COC(=O)c2cc(Cl)c(OC)c(Cl)c2)CC1. The van der Waals surface area contributed by atoms with Crippen LogP contribution >= 0.6 is 23.2 Å². The molecule has 1 heterocycles. The van der Waals surface area contributed by atoms with Gasteiger partial charge in [-0.2, -0.15) is 0 Å². The molecule has 8 nitrogen and oxygen atoms in total. The predicted molar refractivity (Wildman–Crippen MR) is 98.5 cm³/mol. The minimum Gasteiger partial charge on any atom is -0.494 e. The summed E-state index contributed by atoms with van der Waals surface area (Å²) in [5, 5.41) is 0.330. The van der Waals surface area contributed by atoms with Crippen LogP contribution in [0.5, 0.6) is 5.75 Å². The molecule has 1 aromatic carbocycles. The smallest absolute Gasteiger partial charge is 0.409 e. The van der Waals surface area contributed by atoms with Gasteiger partial charge in [0.2, 0.25) is 0 Å². The van der Waals surface area contributed by atoms with Gasteiger partial charge in [-0.15, -0.1) is 0 Å². The van der Waals surface area contributed by atoms with Crippen LogP contribution in [-0.2, 0) is 14.3 Å². The third kappa shape index (κ3) is 5.40. The zero-order chi connectivity index (χ0) is 20.0. The maximum Gasteiger partial charge on any atom is 0.409 e. The van der Waals surface area contributed by atoms with Gasteiger partial charge in [0.15, 0.2) is 12.4 Å². The molecule has 0 radical (unpaired) electrons. The average Bonchev–Trinajstić information content (AvgIpc) is 2.65. The molecule has 0 atom stereocenters.